The highest BCUT2D eigenvalue weighted by molar-refractivity contribution is 7.87. The van der Waals surface area contributed by atoms with Crippen LogP contribution >= 0.6 is 0 Å². The Morgan fingerprint density at radius 1 is 1.16 bits per heavy atom. The highest BCUT2D eigenvalue weighted by Crippen LogP contribution is 2.19. The minimum absolute atomic E-state index is 0.0380. The summed E-state index contributed by atoms with van der Waals surface area (Å²) in [6.07, 6.45) is 2.25. The van der Waals surface area contributed by atoms with Gasteiger partial charge in [0.05, 0.1) is 5.69 Å². The summed E-state index contributed by atoms with van der Waals surface area (Å²) >= 11 is 0. The molecule has 0 spiro atoms. The van der Waals surface area contributed by atoms with Gasteiger partial charge < -0.3 is 8.75 Å². The molecule has 0 fully saturated rings. The molecule has 2 aromatic heterocycles. The van der Waals surface area contributed by atoms with Crippen LogP contribution in [0.1, 0.15) is 0 Å². The van der Waals surface area contributed by atoms with E-state index in [2.05, 4.69) is 15.5 Å². The second-order valence-corrected chi connectivity index (χ2v) is 6.55. The Hall–Kier alpha value is -3.28. The van der Waals surface area contributed by atoms with Gasteiger partial charge in [-0.1, -0.05) is 6.07 Å². The molecule has 25 heavy (non-hydrogen) atoms. The van der Waals surface area contributed by atoms with Crippen LogP contribution in [-0.4, -0.2) is 37.8 Å². The van der Waals surface area contributed by atoms with Crippen LogP contribution in [-0.2, 0) is 24.2 Å². The molecular formula is C13H12N6O5S. The monoisotopic (exact) mass is 364 g/mol. The summed E-state index contributed by atoms with van der Waals surface area (Å²) in [6, 6.07) is 5.97. The molecule has 0 amide bonds. The van der Waals surface area contributed by atoms with Gasteiger partial charge in [0, 0.05) is 26.4 Å². The predicted molar refractivity (Wildman–Crippen MR) is 83.9 cm³/mol. The topological polar surface area (TPSA) is 131 Å². The molecule has 0 aliphatic carbocycles. The summed E-state index contributed by atoms with van der Waals surface area (Å²) < 4.78 is 32.9. The van der Waals surface area contributed by atoms with Crippen molar-refractivity contribution in [1.29, 1.82) is 0 Å². The fraction of sp³-hybridized carbons (Fsp3) is 0.154. The van der Waals surface area contributed by atoms with Crippen molar-refractivity contribution >= 4 is 10.1 Å². The molecule has 0 aliphatic rings. The minimum atomic E-state index is -4.45. The molecule has 2 heterocycles. The molecule has 0 saturated heterocycles. The number of rotatable bonds is 4. The summed E-state index contributed by atoms with van der Waals surface area (Å²) in [5.41, 5.74) is -1.16. The SMILES string of the molecule is Cn1cc(S(=O)(=O)Oc2cccc(-n3cnnn3)c2)c(=O)n(C)c1=O. The van der Waals surface area contributed by atoms with Crippen LogP contribution in [0.5, 0.6) is 5.75 Å². The lowest BCUT2D eigenvalue weighted by Crippen LogP contribution is -2.39. The van der Waals surface area contributed by atoms with Crippen molar-refractivity contribution in [2.75, 3.05) is 0 Å². The van der Waals surface area contributed by atoms with Gasteiger partial charge in [-0.15, -0.1) is 5.10 Å². The predicted octanol–water partition coefficient (Wildman–Crippen LogP) is -1.17. The van der Waals surface area contributed by atoms with E-state index in [0.717, 1.165) is 10.8 Å². The molecule has 3 aromatic rings. The van der Waals surface area contributed by atoms with Crippen LogP contribution in [0.15, 0.2) is 51.3 Å². The van der Waals surface area contributed by atoms with E-state index in [1.54, 1.807) is 12.1 Å². The third-order valence-corrected chi connectivity index (χ3v) is 4.55. The number of aryl methyl sites for hydroxylation is 1. The maximum Gasteiger partial charge on any atom is 0.346 e. The van der Waals surface area contributed by atoms with E-state index in [1.165, 1.54) is 37.2 Å². The maximum absolute atomic E-state index is 12.4. The van der Waals surface area contributed by atoms with Gasteiger partial charge in [0.25, 0.3) is 5.56 Å². The number of tetrazole rings is 1. The quantitative estimate of drug-likeness (QED) is 0.529. The number of benzene rings is 1. The molecule has 0 N–H and O–H groups in total. The number of nitrogens with zero attached hydrogens (tertiary/aromatic N) is 6. The van der Waals surface area contributed by atoms with Crippen LogP contribution in [0.3, 0.4) is 0 Å². The van der Waals surface area contributed by atoms with Gasteiger partial charge in [-0.25, -0.2) is 9.48 Å². The molecule has 1 aromatic carbocycles. The molecule has 130 valence electrons. The van der Waals surface area contributed by atoms with Gasteiger partial charge in [-0.2, -0.15) is 8.42 Å². The number of hydrogen-bond acceptors (Lipinski definition) is 8. The maximum atomic E-state index is 12.4. The van der Waals surface area contributed by atoms with Crippen molar-refractivity contribution in [3.63, 3.8) is 0 Å². The molecular weight excluding hydrogens is 352 g/mol. The summed E-state index contributed by atoms with van der Waals surface area (Å²) in [5, 5.41) is 10.7. The highest BCUT2D eigenvalue weighted by Gasteiger charge is 2.24. The average molecular weight is 364 g/mol. The van der Waals surface area contributed by atoms with E-state index in [0.29, 0.717) is 10.3 Å². The lowest BCUT2D eigenvalue weighted by atomic mass is 10.3. The van der Waals surface area contributed by atoms with Crippen LogP contribution in [0, 0.1) is 0 Å². The first-order valence-corrected chi connectivity index (χ1v) is 8.25. The summed E-state index contributed by atoms with van der Waals surface area (Å²) in [4.78, 5) is 23.1. The van der Waals surface area contributed by atoms with Gasteiger partial charge in [0.2, 0.25) is 0 Å². The van der Waals surface area contributed by atoms with E-state index in [1.807, 2.05) is 0 Å². The van der Waals surface area contributed by atoms with Crippen LogP contribution in [0.4, 0.5) is 0 Å². The van der Waals surface area contributed by atoms with Crippen LogP contribution in [0.25, 0.3) is 5.69 Å². The Morgan fingerprint density at radius 2 is 1.92 bits per heavy atom. The first-order valence-electron chi connectivity index (χ1n) is 6.84. The van der Waals surface area contributed by atoms with E-state index < -0.39 is 26.3 Å². The zero-order valence-electron chi connectivity index (χ0n) is 13.1. The minimum Gasteiger partial charge on any atom is -0.379 e. The molecule has 12 heteroatoms. The fourth-order valence-electron chi connectivity index (χ4n) is 2.08. The molecule has 3 rings (SSSR count). The van der Waals surface area contributed by atoms with Crippen LogP contribution < -0.4 is 15.4 Å². The average Bonchev–Trinajstić information content (AvgIpc) is 3.10. The summed E-state index contributed by atoms with van der Waals surface area (Å²) in [6.45, 7) is 0. The third-order valence-electron chi connectivity index (χ3n) is 3.32. The fourth-order valence-corrected chi connectivity index (χ4v) is 3.16. The standard InChI is InChI=1S/C13H12N6O5S/c1-17-7-11(12(20)18(2)13(17)21)25(22,23)24-10-5-3-4-9(6-10)19-8-14-15-16-19/h3-8H,1-2H3. The Morgan fingerprint density at radius 3 is 2.60 bits per heavy atom. The first kappa shape index (κ1) is 16.6. The van der Waals surface area contributed by atoms with Gasteiger partial charge in [-0.05, 0) is 22.6 Å². The van der Waals surface area contributed by atoms with Crippen molar-refractivity contribution in [2.45, 2.75) is 4.90 Å². The first-order chi connectivity index (χ1) is 11.8. The summed E-state index contributed by atoms with van der Waals surface area (Å²) in [7, 11) is -1.93. The molecule has 0 bridgehead atoms. The molecule has 11 nitrogen and oxygen atoms in total. The van der Waals surface area contributed by atoms with Gasteiger partial charge in [0.15, 0.2) is 4.90 Å². The normalized spacial score (nSPS) is 11.4. The lowest BCUT2D eigenvalue weighted by Gasteiger charge is -2.10. The number of hydrogen-bond donors (Lipinski definition) is 0. The highest BCUT2D eigenvalue weighted by atomic mass is 32.2. The van der Waals surface area contributed by atoms with Gasteiger partial charge in [-0.3, -0.25) is 9.36 Å². The molecule has 0 atom stereocenters. The van der Waals surface area contributed by atoms with E-state index >= 15 is 0 Å². The molecule has 0 unspecified atom stereocenters. The van der Waals surface area contributed by atoms with E-state index in [4.69, 9.17) is 4.18 Å². The smallest absolute Gasteiger partial charge is 0.346 e. The lowest BCUT2D eigenvalue weighted by molar-refractivity contribution is 0.480. The van der Waals surface area contributed by atoms with E-state index in [-0.39, 0.29) is 5.75 Å². The van der Waals surface area contributed by atoms with Crippen molar-refractivity contribution in [3.05, 3.63) is 57.6 Å². The van der Waals surface area contributed by atoms with E-state index in [9.17, 15) is 18.0 Å². The zero-order chi connectivity index (χ0) is 18.2. The second-order valence-electron chi connectivity index (χ2n) is 5.04. The molecule has 0 radical (unpaired) electrons. The van der Waals surface area contributed by atoms with Gasteiger partial charge in [0.1, 0.15) is 12.1 Å². The third kappa shape index (κ3) is 3.06. The number of aromatic nitrogens is 6. The molecule has 0 aliphatic heterocycles. The zero-order valence-corrected chi connectivity index (χ0v) is 13.9. The summed E-state index contributed by atoms with van der Waals surface area (Å²) in [5.74, 6) is -0.0380. The van der Waals surface area contributed by atoms with Crippen molar-refractivity contribution in [1.82, 2.24) is 29.3 Å². The second kappa shape index (κ2) is 5.98. The van der Waals surface area contributed by atoms with Crippen molar-refractivity contribution in [2.24, 2.45) is 14.1 Å². The Bertz CT molecular complexity index is 1150. The Kier molecular flexibility index (Phi) is 3.96. The Labute approximate surface area is 140 Å². The Balaban J connectivity index is 2.02. The van der Waals surface area contributed by atoms with Gasteiger partial charge >= 0.3 is 15.8 Å². The molecule has 0 saturated carbocycles. The van der Waals surface area contributed by atoms with Crippen LogP contribution in [0.2, 0.25) is 0 Å². The largest absolute Gasteiger partial charge is 0.379 e. The van der Waals surface area contributed by atoms with Crippen molar-refractivity contribution < 1.29 is 12.6 Å². The van der Waals surface area contributed by atoms with Crippen molar-refractivity contribution in [3.8, 4) is 11.4 Å².